The largest absolute Gasteiger partial charge is 0.451 e. The van der Waals surface area contributed by atoms with Crippen LogP contribution in [0.15, 0.2) is 48.5 Å². The molecule has 0 aliphatic rings. The molecule has 7 nitrogen and oxygen atoms in total. The van der Waals surface area contributed by atoms with Crippen molar-refractivity contribution in [2.45, 2.75) is 6.92 Å². The maximum Gasteiger partial charge on any atom is 0.350 e. The number of ether oxygens (including phenoxy) is 1. The van der Waals surface area contributed by atoms with E-state index in [1.807, 2.05) is 12.1 Å². The summed E-state index contributed by atoms with van der Waals surface area (Å²) in [6.07, 6.45) is 0. The van der Waals surface area contributed by atoms with Crippen molar-refractivity contribution in [2.75, 3.05) is 19.0 Å². The maximum atomic E-state index is 12.4. The number of carbonyl (C=O) groups excluding carboxylic acids is 3. The number of benzene rings is 2. The maximum absolute atomic E-state index is 12.4. The lowest BCUT2D eigenvalue weighted by Gasteiger charge is -2.07. The Balaban J connectivity index is 1.58. The van der Waals surface area contributed by atoms with E-state index < -0.39 is 18.5 Å². The highest BCUT2D eigenvalue weighted by atomic mass is 35.5. The van der Waals surface area contributed by atoms with Crippen LogP contribution in [0.5, 0.6) is 0 Å². The van der Waals surface area contributed by atoms with E-state index in [9.17, 15) is 14.4 Å². The van der Waals surface area contributed by atoms with Gasteiger partial charge in [-0.1, -0.05) is 23.7 Å². The molecule has 154 valence electrons. The summed E-state index contributed by atoms with van der Waals surface area (Å²) in [7, 11) is 1.54. The van der Waals surface area contributed by atoms with E-state index in [2.05, 4.69) is 15.6 Å². The number of rotatable bonds is 6. The molecular weight excluding hydrogens is 426 g/mol. The molecule has 2 aromatic carbocycles. The van der Waals surface area contributed by atoms with E-state index in [0.29, 0.717) is 31.9 Å². The van der Waals surface area contributed by atoms with Gasteiger partial charge in [0, 0.05) is 28.9 Å². The quantitative estimate of drug-likeness (QED) is 0.562. The Bertz CT molecular complexity index is 1080. The lowest BCUT2D eigenvalue weighted by atomic mass is 10.2. The second-order valence-electron chi connectivity index (χ2n) is 6.22. The highest BCUT2D eigenvalue weighted by Gasteiger charge is 2.19. The fourth-order valence-electron chi connectivity index (χ4n) is 2.54. The molecule has 2 N–H and O–H groups in total. The number of nitrogens with zero attached hydrogens (tertiary/aromatic N) is 1. The molecule has 1 aromatic heterocycles. The standard InChI is InChI=1S/C21H18ClN3O4S/c1-12-18(30-20(24-12)14-3-7-15(22)8-4-14)21(28)29-11-17(26)25-16-9-5-13(6-10-16)19(27)23-2/h3-10H,11H2,1-2H3,(H,23,27)(H,25,26). The fraction of sp³-hybridized carbons (Fsp3) is 0.143. The normalized spacial score (nSPS) is 10.4. The Hall–Kier alpha value is -3.23. The molecule has 1 heterocycles. The minimum absolute atomic E-state index is 0.222. The molecule has 0 bridgehead atoms. The van der Waals surface area contributed by atoms with Gasteiger partial charge in [-0.05, 0) is 43.3 Å². The topological polar surface area (TPSA) is 97.4 Å². The Morgan fingerprint density at radius 1 is 1.07 bits per heavy atom. The third-order valence-electron chi connectivity index (χ3n) is 4.07. The molecule has 0 spiro atoms. The molecule has 9 heteroatoms. The van der Waals surface area contributed by atoms with Crippen LogP contribution in [0, 0.1) is 6.92 Å². The van der Waals surface area contributed by atoms with Gasteiger partial charge in [0.15, 0.2) is 6.61 Å². The smallest absolute Gasteiger partial charge is 0.350 e. The molecule has 0 unspecified atom stereocenters. The van der Waals surface area contributed by atoms with Gasteiger partial charge < -0.3 is 15.4 Å². The van der Waals surface area contributed by atoms with Crippen molar-refractivity contribution >= 4 is 46.4 Å². The number of hydrogen-bond acceptors (Lipinski definition) is 6. The van der Waals surface area contributed by atoms with Gasteiger partial charge in [-0.15, -0.1) is 11.3 Å². The van der Waals surface area contributed by atoms with Gasteiger partial charge in [-0.3, -0.25) is 9.59 Å². The van der Waals surface area contributed by atoms with Gasteiger partial charge in [-0.2, -0.15) is 0 Å². The Morgan fingerprint density at radius 3 is 2.37 bits per heavy atom. The van der Waals surface area contributed by atoms with Crippen LogP contribution in [-0.2, 0) is 9.53 Å². The van der Waals surface area contributed by atoms with E-state index in [-0.39, 0.29) is 5.91 Å². The number of nitrogens with one attached hydrogen (secondary N) is 2. The van der Waals surface area contributed by atoms with Crippen LogP contribution in [0.1, 0.15) is 25.7 Å². The van der Waals surface area contributed by atoms with Gasteiger partial charge in [0.05, 0.1) is 5.69 Å². The third-order valence-corrected chi connectivity index (χ3v) is 5.50. The zero-order valence-corrected chi connectivity index (χ0v) is 17.8. The second kappa shape index (κ2) is 9.51. The van der Waals surface area contributed by atoms with Crippen LogP contribution in [0.4, 0.5) is 5.69 Å². The van der Waals surface area contributed by atoms with E-state index in [4.69, 9.17) is 16.3 Å². The molecular formula is C21H18ClN3O4S. The average Bonchev–Trinajstić information content (AvgIpc) is 3.14. The molecule has 0 atom stereocenters. The number of esters is 1. The number of aryl methyl sites for hydroxylation is 1. The van der Waals surface area contributed by atoms with Crippen LogP contribution >= 0.6 is 22.9 Å². The van der Waals surface area contributed by atoms with Crippen molar-refractivity contribution in [2.24, 2.45) is 0 Å². The molecule has 3 aromatic rings. The molecule has 0 fully saturated rings. The van der Waals surface area contributed by atoms with Crippen LogP contribution in [0.2, 0.25) is 5.02 Å². The van der Waals surface area contributed by atoms with Crippen molar-refractivity contribution in [3.8, 4) is 10.6 Å². The summed E-state index contributed by atoms with van der Waals surface area (Å²) in [5.41, 5.74) is 2.33. The number of hydrogen-bond donors (Lipinski definition) is 2. The van der Waals surface area contributed by atoms with Gasteiger partial charge in [0.25, 0.3) is 11.8 Å². The SMILES string of the molecule is CNC(=O)c1ccc(NC(=O)COC(=O)c2sc(-c3ccc(Cl)cc3)nc2C)cc1. The number of anilines is 1. The zero-order chi connectivity index (χ0) is 21.7. The predicted molar refractivity (Wildman–Crippen MR) is 116 cm³/mol. The second-order valence-corrected chi connectivity index (χ2v) is 7.66. The van der Waals surface area contributed by atoms with Crippen LogP contribution < -0.4 is 10.6 Å². The first-order valence-electron chi connectivity index (χ1n) is 8.90. The first-order chi connectivity index (χ1) is 14.4. The molecule has 0 saturated carbocycles. The highest BCUT2D eigenvalue weighted by molar-refractivity contribution is 7.17. The van der Waals surface area contributed by atoms with Crippen molar-refractivity contribution in [1.29, 1.82) is 0 Å². The lowest BCUT2D eigenvalue weighted by molar-refractivity contribution is -0.119. The molecule has 0 aliphatic carbocycles. The molecule has 0 saturated heterocycles. The van der Waals surface area contributed by atoms with Gasteiger partial charge in [0.1, 0.15) is 9.88 Å². The van der Waals surface area contributed by atoms with Crippen molar-refractivity contribution in [3.63, 3.8) is 0 Å². The molecule has 3 rings (SSSR count). The first-order valence-corrected chi connectivity index (χ1v) is 10.1. The summed E-state index contributed by atoms with van der Waals surface area (Å²) in [5.74, 6) is -1.33. The summed E-state index contributed by atoms with van der Waals surface area (Å²) in [4.78, 5) is 40.7. The van der Waals surface area contributed by atoms with Gasteiger partial charge in [0.2, 0.25) is 0 Å². The van der Waals surface area contributed by atoms with Crippen molar-refractivity contribution in [1.82, 2.24) is 10.3 Å². The summed E-state index contributed by atoms with van der Waals surface area (Å²) < 4.78 is 5.12. The van der Waals surface area contributed by atoms with E-state index >= 15 is 0 Å². The Kier molecular flexibility index (Phi) is 6.81. The summed E-state index contributed by atoms with van der Waals surface area (Å²) in [5, 5.41) is 6.40. The number of carbonyl (C=O) groups is 3. The Morgan fingerprint density at radius 2 is 1.73 bits per heavy atom. The van der Waals surface area contributed by atoms with Gasteiger partial charge >= 0.3 is 5.97 Å². The van der Waals surface area contributed by atoms with Crippen molar-refractivity contribution < 1.29 is 19.1 Å². The first kappa shape index (κ1) is 21.5. The fourth-order valence-corrected chi connectivity index (χ4v) is 3.64. The minimum atomic E-state index is -0.615. The number of amides is 2. The summed E-state index contributed by atoms with van der Waals surface area (Å²) in [6.45, 7) is 1.27. The average molecular weight is 444 g/mol. The van der Waals surface area contributed by atoms with Crippen LogP contribution in [0.3, 0.4) is 0 Å². The summed E-state index contributed by atoms with van der Waals surface area (Å²) >= 11 is 7.09. The van der Waals surface area contributed by atoms with Crippen molar-refractivity contribution in [3.05, 3.63) is 69.7 Å². The highest BCUT2D eigenvalue weighted by Crippen LogP contribution is 2.29. The molecule has 30 heavy (non-hydrogen) atoms. The molecule has 2 amide bonds. The minimum Gasteiger partial charge on any atom is -0.451 e. The van der Waals surface area contributed by atoms with E-state index in [1.165, 1.54) is 18.4 Å². The van der Waals surface area contributed by atoms with E-state index in [0.717, 1.165) is 5.56 Å². The Labute approximate surface area is 182 Å². The zero-order valence-electron chi connectivity index (χ0n) is 16.2. The van der Waals surface area contributed by atoms with Crippen LogP contribution in [0.25, 0.3) is 10.6 Å². The van der Waals surface area contributed by atoms with Crippen LogP contribution in [-0.4, -0.2) is 36.4 Å². The number of halogens is 1. The lowest BCUT2D eigenvalue weighted by Crippen LogP contribution is -2.21. The molecule has 0 radical (unpaired) electrons. The summed E-state index contributed by atoms with van der Waals surface area (Å²) in [6, 6.07) is 13.5. The molecule has 0 aliphatic heterocycles. The number of thiazole rings is 1. The monoisotopic (exact) mass is 443 g/mol. The third kappa shape index (κ3) is 5.22. The number of aromatic nitrogens is 1. The van der Waals surface area contributed by atoms with Gasteiger partial charge in [-0.25, -0.2) is 9.78 Å². The predicted octanol–water partition coefficient (Wildman–Crippen LogP) is 3.93. The van der Waals surface area contributed by atoms with E-state index in [1.54, 1.807) is 43.3 Å².